The van der Waals surface area contributed by atoms with Crippen molar-refractivity contribution in [3.05, 3.63) is 34.6 Å². The summed E-state index contributed by atoms with van der Waals surface area (Å²) in [5.74, 6) is 2.00. The van der Waals surface area contributed by atoms with Gasteiger partial charge in [-0.05, 0) is 37.6 Å². The summed E-state index contributed by atoms with van der Waals surface area (Å²) >= 11 is 11.8. The Morgan fingerprint density at radius 2 is 2.06 bits per heavy atom. The molecule has 0 bridgehead atoms. The lowest BCUT2D eigenvalue weighted by Gasteiger charge is -2.08. The van der Waals surface area contributed by atoms with Crippen molar-refractivity contribution in [3.63, 3.8) is 0 Å². The Labute approximate surface area is 110 Å². The highest BCUT2D eigenvalue weighted by atomic mass is 35.5. The van der Waals surface area contributed by atoms with Crippen LogP contribution in [0.2, 0.25) is 5.02 Å². The second-order valence-electron chi connectivity index (χ2n) is 3.78. The first-order chi connectivity index (χ1) is 8.17. The Bertz CT molecular complexity index is 535. The highest BCUT2D eigenvalue weighted by Crippen LogP contribution is 2.25. The van der Waals surface area contributed by atoms with Gasteiger partial charge < -0.3 is 4.57 Å². The smallest absolute Gasteiger partial charge is 0.164 e. The molecule has 0 amide bonds. The quantitative estimate of drug-likeness (QED) is 0.797. The molecule has 0 unspecified atom stereocenters. The molecule has 2 aromatic rings. The third-order valence-electron chi connectivity index (χ3n) is 2.69. The van der Waals surface area contributed by atoms with Gasteiger partial charge in [-0.15, -0.1) is 21.8 Å². The number of alkyl halides is 1. The summed E-state index contributed by atoms with van der Waals surface area (Å²) in [6.45, 7) is 4.86. The average molecular weight is 270 g/mol. The van der Waals surface area contributed by atoms with Gasteiger partial charge in [0.05, 0.1) is 5.88 Å². The molecule has 0 atom stereocenters. The maximum absolute atomic E-state index is 5.95. The van der Waals surface area contributed by atoms with Gasteiger partial charge in [-0.2, -0.15) is 0 Å². The molecule has 0 radical (unpaired) electrons. The number of aryl methyl sites for hydroxylation is 1. The minimum absolute atomic E-state index is 0.369. The van der Waals surface area contributed by atoms with Gasteiger partial charge in [0.25, 0.3) is 0 Å². The average Bonchev–Trinajstić information content (AvgIpc) is 2.71. The Hall–Kier alpha value is -1.06. The van der Waals surface area contributed by atoms with Crippen LogP contribution in [0, 0.1) is 6.92 Å². The Morgan fingerprint density at radius 1 is 1.29 bits per heavy atom. The van der Waals surface area contributed by atoms with E-state index >= 15 is 0 Å². The molecule has 3 nitrogen and oxygen atoms in total. The number of nitrogens with zero attached hydrogens (tertiary/aromatic N) is 3. The summed E-state index contributed by atoms with van der Waals surface area (Å²) in [6, 6.07) is 5.75. The molecule has 90 valence electrons. The first-order valence-electron chi connectivity index (χ1n) is 5.42. The third kappa shape index (κ3) is 2.31. The topological polar surface area (TPSA) is 30.7 Å². The van der Waals surface area contributed by atoms with Crippen molar-refractivity contribution in [1.29, 1.82) is 0 Å². The molecule has 0 aliphatic carbocycles. The van der Waals surface area contributed by atoms with E-state index in [4.69, 9.17) is 23.2 Å². The lowest BCUT2D eigenvalue weighted by molar-refractivity contribution is 0.730. The normalized spacial score (nSPS) is 10.8. The molecule has 1 aromatic heterocycles. The Balaban J connectivity index is 2.56. The monoisotopic (exact) mass is 269 g/mol. The van der Waals surface area contributed by atoms with Crippen LogP contribution in [0.25, 0.3) is 11.4 Å². The molecule has 0 N–H and O–H groups in total. The lowest BCUT2D eigenvalue weighted by Crippen LogP contribution is -2.02. The van der Waals surface area contributed by atoms with Gasteiger partial charge in [-0.3, -0.25) is 0 Å². The summed E-state index contributed by atoms with van der Waals surface area (Å²) in [4.78, 5) is 0. The predicted octanol–water partition coefficient (Wildman–Crippen LogP) is 3.67. The maximum Gasteiger partial charge on any atom is 0.164 e. The van der Waals surface area contributed by atoms with Gasteiger partial charge in [0.1, 0.15) is 5.82 Å². The van der Waals surface area contributed by atoms with Gasteiger partial charge in [0, 0.05) is 17.1 Å². The van der Waals surface area contributed by atoms with Crippen molar-refractivity contribution in [2.75, 3.05) is 0 Å². The fraction of sp³-hybridized carbons (Fsp3) is 0.333. The van der Waals surface area contributed by atoms with E-state index in [0.717, 1.165) is 34.3 Å². The van der Waals surface area contributed by atoms with E-state index in [-0.39, 0.29) is 0 Å². The number of rotatable bonds is 3. The molecule has 0 saturated heterocycles. The summed E-state index contributed by atoms with van der Waals surface area (Å²) in [5.41, 5.74) is 2.13. The van der Waals surface area contributed by atoms with Crippen LogP contribution in [0.5, 0.6) is 0 Å². The van der Waals surface area contributed by atoms with E-state index in [2.05, 4.69) is 10.2 Å². The molecule has 17 heavy (non-hydrogen) atoms. The zero-order valence-corrected chi connectivity index (χ0v) is 11.3. The molecule has 0 aliphatic rings. The fourth-order valence-electron chi connectivity index (χ4n) is 1.84. The summed E-state index contributed by atoms with van der Waals surface area (Å²) < 4.78 is 2.02. The van der Waals surface area contributed by atoms with Crippen LogP contribution in [-0.2, 0) is 12.4 Å². The highest BCUT2D eigenvalue weighted by Gasteiger charge is 2.13. The predicted molar refractivity (Wildman–Crippen MR) is 70.4 cm³/mol. The van der Waals surface area contributed by atoms with Crippen LogP contribution in [-0.4, -0.2) is 14.8 Å². The van der Waals surface area contributed by atoms with Gasteiger partial charge in [-0.1, -0.05) is 11.6 Å². The minimum atomic E-state index is 0.369. The number of benzene rings is 1. The van der Waals surface area contributed by atoms with Crippen molar-refractivity contribution in [3.8, 4) is 11.4 Å². The van der Waals surface area contributed by atoms with Crippen LogP contribution < -0.4 is 0 Å². The van der Waals surface area contributed by atoms with E-state index in [9.17, 15) is 0 Å². The second kappa shape index (κ2) is 5.07. The summed E-state index contributed by atoms with van der Waals surface area (Å²) in [7, 11) is 0. The van der Waals surface area contributed by atoms with Gasteiger partial charge >= 0.3 is 0 Å². The molecule has 2 rings (SSSR count). The van der Waals surface area contributed by atoms with E-state index in [1.807, 2.05) is 36.6 Å². The number of aromatic nitrogens is 3. The second-order valence-corrected chi connectivity index (χ2v) is 4.48. The largest absolute Gasteiger partial charge is 0.310 e. The Morgan fingerprint density at radius 3 is 2.65 bits per heavy atom. The SMILES string of the molecule is CCn1c(CCl)nnc1-c1ccc(Cl)cc1C. The highest BCUT2D eigenvalue weighted by molar-refractivity contribution is 6.30. The van der Waals surface area contributed by atoms with E-state index < -0.39 is 0 Å². The van der Waals surface area contributed by atoms with Crippen molar-refractivity contribution >= 4 is 23.2 Å². The van der Waals surface area contributed by atoms with Crippen molar-refractivity contribution in [2.24, 2.45) is 0 Å². The van der Waals surface area contributed by atoms with Gasteiger partial charge in [0.15, 0.2) is 5.82 Å². The van der Waals surface area contributed by atoms with Crippen LogP contribution >= 0.6 is 23.2 Å². The van der Waals surface area contributed by atoms with Crippen LogP contribution in [0.3, 0.4) is 0 Å². The number of hydrogen-bond donors (Lipinski definition) is 0. The van der Waals surface area contributed by atoms with E-state index in [0.29, 0.717) is 5.88 Å². The number of halogens is 2. The van der Waals surface area contributed by atoms with Crippen LogP contribution in [0.1, 0.15) is 18.3 Å². The van der Waals surface area contributed by atoms with Crippen molar-refractivity contribution in [2.45, 2.75) is 26.3 Å². The molecular weight excluding hydrogens is 257 g/mol. The zero-order valence-electron chi connectivity index (χ0n) is 9.74. The molecule has 0 fully saturated rings. The zero-order chi connectivity index (χ0) is 12.4. The molecular formula is C12H13Cl2N3. The van der Waals surface area contributed by atoms with Crippen molar-refractivity contribution < 1.29 is 0 Å². The number of hydrogen-bond acceptors (Lipinski definition) is 2. The standard InChI is InChI=1S/C12H13Cl2N3/c1-3-17-11(7-13)15-16-12(17)10-5-4-9(14)6-8(10)2/h4-6H,3,7H2,1-2H3. The molecule has 0 spiro atoms. The lowest BCUT2D eigenvalue weighted by atomic mass is 10.1. The first-order valence-corrected chi connectivity index (χ1v) is 6.33. The third-order valence-corrected chi connectivity index (χ3v) is 3.17. The fourth-order valence-corrected chi connectivity index (χ4v) is 2.27. The van der Waals surface area contributed by atoms with Crippen LogP contribution in [0.4, 0.5) is 0 Å². The molecule has 1 aromatic carbocycles. The molecule has 1 heterocycles. The summed E-state index contributed by atoms with van der Waals surface area (Å²) in [6.07, 6.45) is 0. The van der Waals surface area contributed by atoms with Crippen LogP contribution in [0.15, 0.2) is 18.2 Å². The van der Waals surface area contributed by atoms with Gasteiger partial charge in [-0.25, -0.2) is 0 Å². The van der Waals surface area contributed by atoms with E-state index in [1.165, 1.54) is 0 Å². The molecule has 0 saturated carbocycles. The van der Waals surface area contributed by atoms with E-state index in [1.54, 1.807) is 0 Å². The maximum atomic E-state index is 5.95. The Kier molecular flexibility index (Phi) is 3.69. The first kappa shape index (κ1) is 12.4. The van der Waals surface area contributed by atoms with Gasteiger partial charge in [0.2, 0.25) is 0 Å². The molecule has 5 heteroatoms. The summed E-state index contributed by atoms with van der Waals surface area (Å²) in [5, 5.41) is 9.03. The minimum Gasteiger partial charge on any atom is -0.310 e. The van der Waals surface area contributed by atoms with Crippen molar-refractivity contribution in [1.82, 2.24) is 14.8 Å². The molecule has 0 aliphatic heterocycles.